The number of carbonyl (C=O) groups excluding carboxylic acids is 1. The fourth-order valence-corrected chi connectivity index (χ4v) is 3.67. The van der Waals surface area contributed by atoms with Gasteiger partial charge in [-0.05, 0) is 35.8 Å². The van der Waals surface area contributed by atoms with Crippen molar-refractivity contribution < 1.29 is 4.79 Å². The molecule has 0 spiro atoms. The third kappa shape index (κ3) is 6.17. The fourth-order valence-electron chi connectivity index (χ4n) is 3.67. The molecule has 1 fully saturated rings. The van der Waals surface area contributed by atoms with Gasteiger partial charge in [0, 0.05) is 12.6 Å². The number of carbonyl (C=O) groups is 1. The van der Waals surface area contributed by atoms with Crippen LogP contribution in [0.25, 0.3) is 0 Å². The predicted octanol–water partition coefficient (Wildman–Crippen LogP) is 4.05. The van der Waals surface area contributed by atoms with E-state index in [1.165, 1.54) is 43.2 Å². The van der Waals surface area contributed by atoms with Gasteiger partial charge in [0.15, 0.2) is 0 Å². The summed E-state index contributed by atoms with van der Waals surface area (Å²) in [6, 6.07) is 11.2. The second kappa shape index (κ2) is 10.2. The summed E-state index contributed by atoms with van der Waals surface area (Å²) >= 11 is 0. The van der Waals surface area contributed by atoms with Crippen LogP contribution in [0.4, 0.5) is 0 Å². The van der Waals surface area contributed by atoms with Gasteiger partial charge in [0.1, 0.15) is 0 Å². The van der Waals surface area contributed by atoms with Gasteiger partial charge in [0.05, 0.1) is 19.0 Å². The van der Waals surface area contributed by atoms with Crippen LogP contribution in [0.1, 0.15) is 75.5 Å². The lowest BCUT2D eigenvalue weighted by atomic mass is 9.83. The molecule has 1 aliphatic rings. The van der Waals surface area contributed by atoms with E-state index in [2.05, 4.69) is 48.7 Å². The highest BCUT2D eigenvalue weighted by Crippen LogP contribution is 2.33. The van der Waals surface area contributed by atoms with Crippen molar-refractivity contribution in [3.63, 3.8) is 0 Å². The molecule has 0 aliphatic heterocycles. The normalized spacial score (nSPS) is 16.4. The van der Waals surface area contributed by atoms with E-state index in [9.17, 15) is 4.79 Å². The highest BCUT2D eigenvalue weighted by molar-refractivity contribution is 5.78. The molecule has 4 nitrogen and oxygen atoms in total. The van der Waals surface area contributed by atoms with Gasteiger partial charge in [-0.3, -0.25) is 4.79 Å². The first kappa shape index (κ1) is 19.5. The molecule has 1 atom stereocenters. The van der Waals surface area contributed by atoms with Crippen LogP contribution in [0.3, 0.4) is 0 Å². The molecule has 0 unspecified atom stereocenters. The van der Waals surface area contributed by atoms with Gasteiger partial charge in [0.2, 0.25) is 5.91 Å². The maximum atomic E-state index is 11.9. The summed E-state index contributed by atoms with van der Waals surface area (Å²) in [5.74, 6) is 1.06. The van der Waals surface area contributed by atoms with Crippen molar-refractivity contribution in [3.8, 4) is 6.07 Å². The summed E-state index contributed by atoms with van der Waals surface area (Å²) in [7, 11) is 0. The van der Waals surface area contributed by atoms with Crippen LogP contribution in [0.15, 0.2) is 24.3 Å². The Morgan fingerprint density at radius 1 is 1.20 bits per heavy atom. The molecule has 2 N–H and O–H groups in total. The monoisotopic (exact) mass is 341 g/mol. The molecule has 1 aromatic rings. The van der Waals surface area contributed by atoms with E-state index in [4.69, 9.17) is 5.26 Å². The van der Waals surface area contributed by atoms with Crippen LogP contribution >= 0.6 is 0 Å². The van der Waals surface area contributed by atoms with Crippen molar-refractivity contribution in [2.75, 3.05) is 13.1 Å². The Morgan fingerprint density at radius 2 is 1.88 bits per heavy atom. The van der Waals surface area contributed by atoms with Crippen molar-refractivity contribution in [3.05, 3.63) is 35.4 Å². The number of amides is 1. The molecule has 136 valence electrons. The van der Waals surface area contributed by atoms with Crippen molar-refractivity contribution in [2.24, 2.45) is 5.92 Å². The van der Waals surface area contributed by atoms with E-state index in [0.29, 0.717) is 18.9 Å². The fraction of sp³-hybridized carbons (Fsp3) is 0.619. The predicted molar refractivity (Wildman–Crippen MR) is 101 cm³/mol. The summed E-state index contributed by atoms with van der Waals surface area (Å²) < 4.78 is 0. The highest BCUT2D eigenvalue weighted by atomic mass is 16.1. The van der Waals surface area contributed by atoms with E-state index in [1.54, 1.807) is 0 Å². The van der Waals surface area contributed by atoms with Gasteiger partial charge in [-0.15, -0.1) is 0 Å². The molecule has 2 rings (SSSR count). The molecule has 0 radical (unpaired) electrons. The summed E-state index contributed by atoms with van der Waals surface area (Å²) in [6.07, 6.45) is 7.06. The largest absolute Gasteiger partial charge is 0.354 e. The Balaban J connectivity index is 1.92. The molecule has 0 aromatic heterocycles. The van der Waals surface area contributed by atoms with Gasteiger partial charge in [-0.2, -0.15) is 5.26 Å². The van der Waals surface area contributed by atoms with E-state index in [0.717, 1.165) is 5.92 Å². The van der Waals surface area contributed by atoms with E-state index in [-0.39, 0.29) is 18.5 Å². The van der Waals surface area contributed by atoms with Gasteiger partial charge >= 0.3 is 0 Å². The minimum Gasteiger partial charge on any atom is -0.354 e. The lowest BCUT2D eigenvalue weighted by Gasteiger charge is -2.25. The maximum absolute atomic E-state index is 11.9. The van der Waals surface area contributed by atoms with E-state index >= 15 is 0 Å². The van der Waals surface area contributed by atoms with Gasteiger partial charge in [-0.1, -0.05) is 57.4 Å². The molecule has 0 saturated heterocycles. The minimum absolute atomic E-state index is 0.0558. The Morgan fingerprint density at radius 3 is 2.48 bits per heavy atom. The smallest absolute Gasteiger partial charge is 0.234 e. The van der Waals surface area contributed by atoms with Crippen molar-refractivity contribution in [1.29, 1.82) is 5.26 Å². The number of benzene rings is 1. The Kier molecular flexibility index (Phi) is 7.94. The second-order valence-corrected chi connectivity index (χ2v) is 7.36. The van der Waals surface area contributed by atoms with Crippen molar-refractivity contribution >= 4 is 5.91 Å². The van der Waals surface area contributed by atoms with Crippen molar-refractivity contribution in [1.82, 2.24) is 10.6 Å². The molecule has 25 heavy (non-hydrogen) atoms. The van der Waals surface area contributed by atoms with Gasteiger partial charge < -0.3 is 10.6 Å². The van der Waals surface area contributed by atoms with Crippen LogP contribution in [0.2, 0.25) is 0 Å². The zero-order valence-corrected chi connectivity index (χ0v) is 15.6. The SMILES string of the molecule is CC(C)[C@H](NCC(=O)NCCC#N)c1ccc(C2CCCCC2)cc1. The van der Waals surface area contributed by atoms with Crippen LogP contribution in [-0.4, -0.2) is 19.0 Å². The lowest BCUT2D eigenvalue weighted by Crippen LogP contribution is -2.37. The average Bonchev–Trinajstić information content (AvgIpc) is 2.63. The maximum Gasteiger partial charge on any atom is 0.234 e. The summed E-state index contributed by atoms with van der Waals surface area (Å²) in [5, 5.41) is 14.6. The first-order valence-corrected chi connectivity index (χ1v) is 9.58. The van der Waals surface area contributed by atoms with Crippen LogP contribution in [0, 0.1) is 17.2 Å². The van der Waals surface area contributed by atoms with Crippen LogP contribution in [0.5, 0.6) is 0 Å². The van der Waals surface area contributed by atoms with E-state index < -0.39 is 0 Å². The number of hydrogen-bond donors (Lipinski definition) is 2. The molecule has 4 heteroatoms. The van der Waals surface area contributed by atoms with Crippen LogP contribution in [-0.2, 0) is 4.79 Å². The molecule has 0 bridgehead atoms. The van der Waals surface area contributed by atoms with E-state index in [1.807, 2.05) is 6.07 Å². The number of nitrogens with one attached hydrogen (secondary N) is 2. The number of nitrogens with zero attached hydrogens (tertiary/aromatic N) is 1. The Hall–Kier alpha value is -1.86. The third-order valence-corrected chi connectivity index (χ3v) is 5.08. The van der Waals surface area contributed by atoms with Gasteiger partial charge in [-0.25, -0.2) is 0 Å². The number of hydrogen-bond acceptors (Lipinski definition) is 3. The van der Waals surface area contributed by atoms with Crippen molar-refractivity contribution in [2.45, 2.75) is 64.3 Å². The number of nitriles is 1. The standard InChI is InChI=1S/C21H31N3O/c1-16(2)21(24-15-20(25)23-14-6-13-22)19-11-9-18(10-12-19)17-7-4-3-5-8-17/h9-12,16-17,21,24H,3-8,14-15H2,1-2H3,(H,23,25)/t21-/m0/s1. The number of rotatable bonds is 8. The third-order valence-electron chi connectivity index (χ3n) is 5.08. The molecule has 1 amide bonds. The zero-order chi connectivity index (χ0) is 18.1. The first-order valence-electron chi connectivity index (χ1n) is 9.58. The average molecular weight is 341 g/mol. The quantitative estimate of drug-likeness (QED) is 0.701. The molecule has 0 heterocycles. The summed E-state index contributed by atoms with van der Waals surface area (Å²) in [4.78, 5) is 11.9. The topological polar surface area (TPSA) is 64.9 Å². The van der Waals surface area contributed by atoms with Crippen LogP contribution < -0.4 is 10.6 Å². The molecule has 1 aromatic carbocycles. The Bertz CT molecular complexity index is 568. The molecule has 1 saturated carbocycles. The second-order valence-electron chi connectivity index (χ2n) is 7.36. The molecule has 1 aliphatic carbocycles. The highest BCUT2D eigenvalue weighted by Gasteiger charge is 2.19. The van der Waals surface area contributed by atoms with Gasteiger partial charge in [0.25, 0.3) is 0 Å². The Labute approximate surface area is 152 Å². The zero-order valence-electron chi connectivity index (χ0n) is 15.6. The lowest BCUT2D eigenvalue weighted by molar-refractivity contribution is -0.120. The molecular weight excluding hydrogens is 310 g/mol. The minimum atomic E-state index is -0.0558. The first-order chi connectivity index (χ1) is 12.1. The molecular formula is C21H31N3O. The summed E-state index contributed by atoms with van der Waals surface area (Å²) in [6.45, 7) is 5.03. The summed E-state index contributed by atoms with van der Waals surface area (Å²) in [5.41, 5.74) is 2.69.